The van der Waals surface area contributed by atoms with E-state index < -0.39 is 17.5 Å². The van der Waals surface area contributed by atoms with Crippen molar-refractivity contribution >= 4 is 11.8 Å². The van der Waals surface area contributed by atoms with Gasteiger partial charge in [0.25, 0.3) is 0 Å². The summed E-state index contributed by atoms with van der Waals surface area (Å²) >= 11 is 1.21. The maximum absolute atomic E-state index is 11.8. The third-order valence-corrected chi connectivity index (χ3v) is 3.10. The molecule has 1 N–H and O–H groups in total. The first-order chi connectivity index (χ1) is 5.02. The Hall–Kier alpha value is 0.100. The van der Waals surface area contributed by atoms with Gasteiger partial charge >= 0.3 is 6.18 Å². The molecular weight excluding hydrogens is 177 g/mol. The fourth-order valence-electron chi connectivity index (χ4n) is 1.06. The van der Waals surface area contributed by atoms with E-state index >= 15 is 0 Å². The molecule has 0 radical (unpaired) electrons. The van der Waals surface area contributed by atoms with E-state index in [1.807, 2.05) is 0 Å². The molecule has 1 aliphatic heterocycles. The minimum atomic E-state index is -4.44. The van der Waals surface area contributed by atoms with Crippen molar-refractivity contribution in [3.63, 3.8) is 0 Å². The average Bonchev–Trinajstić information content (AvgIpc) is 2.34. The van der Waals surface area contributed by atoms with Crippen molar-refractivity contribution in [2.45, 2.75) is 30.4 Å². The lowest BCUT2D eigenvalue weighted by molar-refractivity contribution is -0.203. The van der Waals surface area contributed by atoms with Gasteiger partial charge in [-0.05, 0) is 18.6 Å². The highest BCUT2D eigenvalue weighted by Crippen LogP contribution is 2.35. The van der Waals surface area contributed by atoms with Gasteiger partial charge in [0.15, 0.2) is 6.10 Å². The number of hydrogen-bond donors (Lipinski definition) is 1. The summed E-state index contributed by atoms with van der Waals surface area (Å²) in [5, 5.41) is 8.11. The summed E-state index contributed by atoms with van der Waals surface area (Å²) in [6.07, 6.45) is -5.31. The van der Waals surface area contributed by atoms with Gasteiger partial charge < -0.3 is 5.11 Å². The molecular formula is C6H9F3OS. The van der Waals surface area contributed by atoms with Crippen LogP contribution in [0.25, 0.3) is 0 Å². The highest BCUT2D eigenvalue weighted by Gasteiger charge is 2.44. The van der Waals surface area contributed by atoms with Crippen LogP contribution < -0.4 is 0 Å². The summed E-state index contributed by atoms with van der Waals surface area (Å²) < 4.78 is 35.5. The molecule has 66 valence electrons. The van der Waals surface area contributed by atoms with E-state index in [1.54, 1.807) is 0 Å². The molecule has 0 spiro atoms. The molecule has 1 aliphatic rings. The molecule has 1 nitrogen and oxygen atoms in total. The zero-order valence-electron chi connectivity index (χ0n) is 5.77. The highest BCUT2D eigenvalue weighted by molar-refractivity contribution is 8.00. The Morgan fingerprint density at radius 2 is 2.09 bits per heavy atom. The van der Waals surface area contributed by atoms with Gasteiger partial charge in [-0.25, -0.2) is 0 Å². The van der Waals surface area contributed by atoms with Crippen LogP contribution in [0.5, 0.6) is 0 Å². The Balaban J connectivity index is 2.46. The lowest BCUT2D eigenvalue weighted by atomic mass is 10.1. The molecule has 1 fully saturated rings. The lowest BCUT2D eigenvalue weighted by Crippen LogP contribution is -2.36. The van der Waals surface area contributed by atoms with Crippen LogP contribution in [0.1, 0.15) is 12.8 Å². The normalized spacial score (nSPS) is 28.9. The first-order valence-corrected chi connectivity index (χ1v) is 4.43. The van der Waals surface area contributed by atoms with Gasteiger partial charge in [0.05, 0.1) is 0 Å². The van der Waals surface area contributed by atoms with Crippen LogP contribution in [-0.4, -0.2) is 28.4 Å². The maximum atomic E-state index is 11.8. The second-order valence-electron chi connectivity index (χ2n) is 2.54. The van der Waals surface area contributed by atoms with Gasteiger partial charge in [0.2, 0.25) is 0 Å². The number of rotatable bonds is 1. The highest BCUT2D eigenvalue weighted by atomic mass is 32.2. The number of aliphatic hydroxyl groups excluding tert-OH is 1. The van der Waals surface area contributed by atoms with E-state index in [-0.39, 0.29) is 0 Å². The Morgan fingerprint density at radius 3 is 2.45 bits per heavy atom. The predicted molar refractivity (Wildman–Crippen MR) is 37.5 cm³/mol. The molecule has 11 heavy (non-hydrogen) atoms. The molecule has 0 aromatic rings. The Morgan fingerprint density at radius 1 is 1.45 bits per heavy atom. The van der Waals surface area contributed by atoms with Crippen LogP contribution in [0.4, 0.5) is 13.2 Å². The molecule has 1 rings (SSSR count). The van der Waals surface area contributed by atoms with E-state index in [9.17, 15) is 13.2 Å². The summed E-state index contributed by atoms with van der Waals surface area (Å²) in [7, 11) is 0. The fraction of sp³-hybridized carbons (Fsp3) is 1.00. The maximum Gasteiger partial charge on any atom is 0.415 e. The second-order valence-corrected chi connectivity index (χ2v) is 3.89. The lowest BCUT2D eigenvalue weighted by Gasteiger charge is -2.19. The van der Waals surface area contributed by atoms with Crippen LogP contribution in [0.15, 0.2) is 0 Å². The number of hydrogen-bond acceptors (Lipinski definition) is 2. The summed E-state index contributed by atoms with van der Waals surface area (Å²) in [5.41, 5.74) is 0. The van der Waals surface area contributed by atoms with Crippen LogP contribution in [0.2, 0.25) is 0 Å². The molecule has 0 saturated carbocycles. The van der Waals surface area contributed by atoms with Crippen molar-refractivity contribution in [3.05, 3.63) is 0 Å². The zero-order valence-corrected chi connectivity index (χ0v) is 6.58. The predicted octanol–water partition coefficient (Wildman–Crippen LogP) is 1.81. The second kappa shape index (κ2) is 3.23. The Labute approximate surface area is 67.0 Å². The minimum absolute atomic E-state index is 0.478. The van der Waals surface area contributed by atoms with E-state index in [2.05, 4.69) is 0 Å². The van der Waals surface area contributed by atoms with Crippen molar-refractivity contribution < 1.29 is 18.3 Å². The molecule has 5 heteroatoms. The molecule has 0 amide bonds. The van der Waals surface area contributed by atoms with Crippen molar-refractivity contribution in [2.24, 2.45) is 0 Å². The van der Waals surface area contributed by atoms with E-state index in [4.69, 9.17) is 5.11 Å². The van der Waals surface area contributed by atoms with E-state index in [1.165, 1.54) is 11.8 Å². The first kappa shape index (κ1) is 9.19. The smallest absolute Gasteiger partial charge is 0.383 e. The summed E-state index contributed by atoms with van der Waals surface area (Å²) in [6.45, 7) is 0. The monoisotopic (exact) mass is 186 g/mol. The van der Waals surface area contributed by atoms with Crippen molar-refractivity contribution in [1.82, 2.24) is 0 Å². The molecule has 0 aliphatic carbocycles. The number of thioether (sulfide) groups is 1. The van der Waals surface area contributed by atoms with Crippen molar-refractivity contribution in [2.75, 3.05) is 5.75 Å². The van der Waals surface area contributed by atoms with Gasteiger partial charge in [-0.1, -0.05) is 0 Å². The van der Waals surface area contributed by atoms with Gasteiger partial charge in [-0.15, -0.1) is 0 Å². The number of aliphatic hydroxyl groups is 1. The molecule has 0 aromatic carbocycles. The van der Waals surface area contributed by atoms with Crippen molar-refractivity contribution in [3.8, 4) is 0 Å². The topological polar surface area (TPSA) is 20.2 Å². The van der Waals surface area contributed by atoms with Crippen LogP contribution in [-0.2, 0) is 0 Å². The largest absolute Gasteiger partial charge is 0.415 e. The fourth-order valence-corrected chi connectivity index (χ4v) is 2.37. The summed E-state index contributed by atoms with van der Waals surface area (Å²) in [4.78, 5) is 0. The first-order valence-electron chi connectivity index (χ1n) is 3.38. The quantitative estimate of drug-likeness (QED) is 0.673. The molecule has 1 heterocycles. The summed E-state index contributed by atoms with van der Waals surface area (Å²) in [6, 6.07) is 0. The van der Waals surface area contributed by atoms with Gasteiger partial charge in [0.1, 0.15) is 0 Å². The van der Waals surface area contributed by atoms with E-state index in [0.29, 0.717) is 6.42 Å². The standard InChI is InChI=1S/C6H9F3OS/c7-6(8,9)5(10)4-2-1-3-11-4/h4-5,10H,1-3H2. The molecule has 0 aromatic heterocycles. The molecule has 2 unspecified atom stereocenters. The molecule has 1 saturated heterocycles. The Bertz CT molecular complexity index is 130. The van der Waals surface area contributed by atoms with Gasteiger partial charge in [0, 0.05) is 5.25 Å². The molecule has 2 atom stereocenters. The van der Waals surface area contributed by atoms with Gasteiger partial charge in [-0.3, -0.25) is 0 Å². The molecule has 0 bridgehead atoms. The average molecular weight is 186 g/mol. The number of alkyl halides is 3. The SMILES string of the molecule is OC(C1CCCS1)C(F)(F)F. The van der Waals surface area contributed by atoms with Crippen LogP contribution in [0.3, 0.4) is 0 Å². The summed E-state index contributed by atoms with van der Waals surface area (Å²) in [5.74, 6) is 0.734. The van der Waals surface area contributed by atoms with Crippen LogP contribution in [0, 0.1) is 0 Å². The van der Waals surface area contributed by atoms with Crippen LogP contribution >= 0.6 is 11.8 Å². The van der Waals surface area contributed by atoms with Crippen molar-refractivity contribution in [1.29, 1.82) is 0 Å². The third kappa shape index (κ3) is 2.27. The van der Waals surface area contributed by atoms with E-state index in [0.717, 1.165) is 12.2 Å². The zero-order chi connectivity index (χ0) is 8.48. The third-order valence-electron chi connectivity index (χ3n) is 1.65. The Kier molecular flexibility index (Phi) is 2.70. The minimum Gasteiger partial charge on any atom is -0.383 e. The van der Waals surface area contributed by atoms with Gasteiger partial charge in [-0.2, -0.15) is 24.9 Å². The number of halogens is 3.